The summed E-state index contributed by atoms with van der Waals surface area (Å²) >= 11 is 3.42. The highest BCUT2D eigenvalue weighted by Crippen LogP contribution is 2.46. The maximum absolute atomic E-state index is 12.4. The maximum atomic E-state index is 12.4. The third-order valence-corrected chi connectivity index (χ3v) is 4.80. The first-order chi connectivity index (χ1) is 10.1. The molecule has 2 heterocycles. The van der Waals surface area contributed by atoms with Crippen LogP contribution in [0.2, 0.25) is 0 Å². The zero-order valence-electron chi connectivity index (χ0n) is 11.7. The van der Waals surface area contributed by atoms with Gasteiger partial charge in [0.05, 0.1) is 17.6 Å². The van der Waals surface area contributed by atoms with Crippen molar-refractivity contribution in [2.24, 2.45) is 0 Å². The second-order valence-corrected chi connectivity index (χ2v) is 6.10. The molecule has 1 saturated heterocycles. The lowest BCUT2D eigenvalue weighted by atomic mass is 9.75. The summed E-state index contributed by atoms with van der Waals surface area (Å²) in [5, 5.41) is 2.90. The van der Waals surface area contributed by atoms with E-state index in [2.05, 4.69) is 21.2 Å². The summed E-state index contributed by atoms with van der Waals surface area (Å²) in [5.74, 6) is -0.400. The molecule has 1 N–H and O–H groups in total. The molecule has 1 amide bonds. The zero-order chi connectivity index (χ0) is 15.0. The summed E-state index contributed by atoms with van der Waals surface area (Å²) in [7, 11) is 0. The molecule has 0 aliphatic carbocycles. The van der Waals surface area contributed by atoms with E-state index in [1.807, 2.05) is 6.07 Å². The van der Waals surface area contributed by atoms with Gasteiger partial charge in [-0.3, -0.25) is 4.79 Å². The first-order valence-electron chi connectivity index (χ1n) is 6.99. The van der Waals surface area contributed by atoms with Crippen LogP contribution in [0.3, 0.4) is 0 Å². The summed E-state index contributed by atoms with van der Waals surface area (Å²) in [5.41, 5.74) is 1.55. The zero-order valence-corrected chi connectivity index (χ0v) is 13.3. The number of halogens is 1. The molecule has 3 rings (SSSR count). The van der Waals surface area contributed by atoms with Gasteiger partial charge in [-0.1, -0.05) is 0 Å². The first kappa shape index (κ1) is 14.5. The van der Waals surface area contributed by atoms with Crippen molar-refractivity contribution in [3.63, 3.8) is 0 Å². The van der Waals surface area contributed by atoms with Crippen LogP contribution in [0.4, 0.5) is 5.69 Å². The number of ether oxygens (including phenoxy) is 2. The lowest BCUT2D eigenvalue weighted by Crippen LogP contribution is -2.40. The van der Waals surface area contributed by atoms with Gasteiger partial charge in [0.25, 0.3) is 0 Å². The van der Waals surface area contributed by atoms with Crippen LogP contribution in [0.5, 0.6) is 0 Å². The number of hydrogen-bond acceptors (Lipinski definition) is 4. The van der Waals surface area contributed by atoms with E-state index in [1.165, 1.54) is 0 Å². The van der Waals surface area contributed by atoms with E-state index < -0.39 is 11.4 Å². The summed E-state index contributed by atoms with van der Waals surface area (Å²) in [4.78, 5) is 24.4. The Morgan fingerprint density at radius 3 is 2.81 bits per heavy atom. The van der Waals surface area contributed by atoms with Crippen molar-refractivity contribution >= 4 is 33.5 Å². The Morgan fingerprint density at radius 2 is 2.14 bits per heavy atom. The third-order valence-electron chi connectivity index (χ3n) is 4.15. The van der Waals surface area contributed by atoms with Crippen molar-refractivity contribution in [3.8, 4) is 0 Å². The number of carbonyl (C=O) groups excluding carboxylic acids is 2. The largest absolute Gasteiger partial charge is 0.462 e. The second kappa shape index (κ2) is 5.42. The topological polar surface area (TPSA) is 64.6 Å². The van der Waals surface area contributed by atoms with Gasteiger partial charge in [0, 0.05) is 23.4 Å². The molecule has 112 valence electrons. The number of anilines is 1. The lowest BCUT2D eigenvalue weighted by molar-refractivity contribution is -0.124. The highest BCUT2D eigenvalue weighted by molar-refractivity contribution is 9.10. The number of esters is 1. The average Bonchev–Trinajstić information content (AvgIpc) is 2.72. The Balaban J connectivity index is 2.04. The fourth-order valence-corrected chi connectivity index (χ4v) is 3.52. The molecule has 1 fully saturated rings. The number of nitrogens with one attached hydrogen (secondary N) is 1. The normalized spacial score (nSPS) is 19.2. The second-order valence-electron chi connectivity index (χ2n) is 5.25. The molecule has 0 saturated carbocycles. The van der Waals surface area contributed by atoms with Gasteiger partial charge in [-0.15, -0.1) is 0 Å². The van der Waals surface area contributed by atoms with Crippen LogP contribution in [0.1, 0.15) is 35.7 Å². The van der Waals surface area contributed by atoms with Gasteiger partial charge in [0.15, 0.2) is 0 Å². The maximum Gasteiger partial charge on any atom is 0.339 e. The molecule has 1 spiro atoms. The first-order valence-corrected chi connectivity index (χ1v) is 7.78. The monoisotopic (exact) mass is 353 g/mol. The predicted octanol–water partition coefficient (Wildman–Crippen LogP) is 2.63. The smallest absolute Gasteiger partial charge is 0.339 e. The number of rotatable bonds is 2. The molecule has 0 unspecified atom stereocenters. The number of benzene rings is 1. The minimum Gasteiger partial charge on any atom is -0.462 e. The highest BCUT2D eigenvalue weighted by Gasteiger charge is 2.48. The van der Waals surface area contributed by atoms with Crippen LogP contribution < -0.4 is 5.32 Å². The highest BCUT2D eigenvalue weighted by atomic mass is 79.9. The fourth-order valence-electron chi connectivity index (χ4n) is 3.02. The van der Waals surface area contributed by atoms with Gasteiger partial charge in [-0.2, -0.15) is 0 Å². The van der Waals surface area contributed by atoms with Crippen molar-refractivity contribution < 1.29 is 19.1 Å². The molecule has 5 nitrogen and oxygen atoms in total. The van der Waals surface area contributed by atoms with E-state index in [-0.39, 0.29) is 5.91 Å². The van der Waals surface area contributed by atoms with E-state index in [4.69, 9.17) is 9.47 Å². The Kier molecular flexibility index (Phi) is 3.75. The lowest BCUT2D eigenvalue weighted by Gasteiger charge is -2.31. The standard InChI is InChI=1S/C15H16BrNO4/c1-2-21-13(18)9-7-12-10(8-11(9)16)15(14(19)17-12)3-5-20-6-4-15/h7-8H,2-6H2,1H3,(H,17,19). The van der Waals surface area contributed by atoms with Crippen molar-refractivity contribution in [2.45, 2.75) is 25.2 Å². The van der Waals surface area contributed by atoms with Gasteiger partial charge < -0.3 is 14.8 Å². The molecule has 6 heteroatoms. The minimum absolute atomic E-state index is 0.00583. The van der Waals surface area contributed by atoms with Crippen LogP contribution in [-0.4, -0.2) is 31.7 Å². The fraction of sp³-hybridized carbons (Fsp3) is 0.467. The minimum atomic E-state index is -0.525. The number of fused-ring (bicyclic) bond motifs is 2. The molecule has 0 bridgehead atoms. The van der Waals surface area contributed by atoms with Gasteiger partial charge in [-0.05, 0) is 53.4 Å². The summed E-state index contributed by atoms with van der Waals surface area (Å²) < 4.78 is 11.1. The molecule has 2 aliphatic heterocycles. The quantitative estimate of drug-likeness (QED) is 0.830. The molecule has 1 aromatic carbocycles. The van der Waals surface area contributed by atoms with Crippen LogP contribution in [-0.2, 0) is 19.7 Å². The molecule has 1 aromatic rings. The van der Waals surface area contributed by atoms with E-state index in [9.17, 15) is 9.59 Å². The van der Waals surface area contributed by atoms with Gasteiger partial charge >= 0.3 is 5.97 Å². The van der Waals surface area contributed by atoms with Gasteiger partial charge in [-0.25, -0.2) is 4.79 Å². The summed E-state index contributed by atoms with van der Waals surface area (Å²) in [6.45, 7) is 3.22. The Morgan fingerprint density at radius 1 is 1.43 bits per heavy atom. The molecule has 21 heavy (non-hydrogen) atoms. The number of hydrogen-bond donors (Lipinski definition) is 1. The molecular weight excluding hydrogens is 338 g/mol. The molecule has 0 radical (unpaired) electrons. The van der Waals surface area contributed by atoms with E-state index in [0.717, 1.165) is 5.56 Å². The van der Waals surface area contributed by atoms with Crippen molar-refractivity contribution in [1.29, 1.82) is 0 Å². The van der Waals surface area contributed by atoms with Gasteiger partial charge in [0.1, 0.15) is 0 Å². The van der Waals surface area contributed by atoms with Crippen molar-refractivity contribution in [1.82, 2.24) is 0 Å². The summed E-state index contributed by atoms with van der Waals surface area (Å²) in [6, 6.07) is 3.56. The Labute approximate surface area is 131 Å². The summed E-state index contributed by atoms with van der Waals surface area (Å²) in [6.07, 6.45) is 1.33. The van der Waals surface area contributed by atoms with E-state index in [0.29, 0.717) is 48.4 Å². The Bertz CT molecular complexity index is 608. The SMILES string of the molecule is CCOC(=O)c1cc2c(cc1Br)C1(CCOCC1)C(=O)N2. The van der Waals surface area contributed by atoms with Crippen molar-refractivity contribution in [2.75, 3.05) is 25.1 Å². The molecular formula is C15H16BrNO4. The molecule has 0 atom stereocenters. The van der Waals surface area contributed by atoms with Crippen LogP contribution in [0, 0.1) is 0 Å². The molecule has 0 aromatic heterocycles. The number of amides is 1. The third kappa shape index (κ3) is 2.26. The van der Waals surface area contributed by atoms with Crippen LogP contribution in [0.25, 0.3) is 0 Å². The van der Waals surface area contributed by atoms with Gasteiger partial charge in [0.2, 0.25) is 5.91 Å². The Hall–Kier alpha value is -1.40. The number of carbonyl (C=O) groups is 2. The van der Waals surface area contributed by atoms with Crippen LogP contribution >= 0.6 is 15.9 Å². The van der Waals surface area contributed by atoms with E-state index >= 15 is 0 Å². The van der Waals surface area contributed by atoms with E-state index in [1.54, 1.807) is 13.0 Å². The average molecular weight is 354 g/mol. The van der Waals surface area contributed by atoms with Crippen molar-refractivity contribution in [3.05, 3.63) is 27.7 Å². The predicted molar refractivity (Wildman–Crippen MR) is 80.5 cm³/mol. The van der Waals surface area contributed by atoms with Crippen LogP contribution in [0.15, 0.2) is 16.6 Å². The molecule has 2 aliphatic rings.